The third kappa shape index (κ3) is 7.05. The number of rotatable bonds is 6. The first kappa shape index (κ1) is 12.9. The lowest BCUT2D eigenvalue weighted by atomic mass is 10.2. The van der Waals surface area contributed by atoms with Gasteiger partial charge in [0, 0.05) is 6.54 Å². The summed E-state index contributed by atoms with van der Waals surface area (Å²) in [5, 5.41) is 2.90. The minimum absolute atomic E-state index is 0.00815. The smallest absolute Gasteiger partial charge is 0.233 e. The molecule has 0 aromatic heterocycles. The maximum atomic E-state index is 11.4. The van der Waals surface area contributed by atoms with Gasteiger partial charge in [0.05, 0.1) is 4.83 Å². The summed E-state index contributed by atoms with van der Waals surface area (Å²) in [7, 11) is 0. The summed E-state index contributed by atoms with van der Waals surface area (Å²) in [5.41, 5.74) is 0. The number of halogens is 1. The van der Waals surface area contributed by atoms with Crippen molar-refractivity contribution >= 4 is 21.8 Å². The van der Waals surface area contributed by atoms with Crippen molar-refractivity contribution in [2.45, 2.75) is 44.9 Å². The lowest BCUT2D eigenvalue weighted by molar-refractivity contribution is -0.120. The van der Waals surface area contributed by atoms with Gasteiger partial charge in [-0.25, -0.2) is 0 Å². The van der Waals surface area contributed by atoms with E-state index in [9.17, 15) is 4.79 Å². The summed E-state index contributed by atoms with van der Waals surface area (Å²) in [6, 6.07) is 0. The van der Waals surface area contributed by atoms with Crippen LogP contribution in [0.5, 0.6) is 0 Å². The van der Waals surface area contributed by atoms with Crippen molar-refractivity contribution in [3.8, 4) is 0 Å². The number of hydrogen-bond donors (Lipinski definition) is 1. The number of carbonyl (C=O) groups is 1. The molecule has 13 heavy (non-hydrogen) atoms. The molecule has 0 rings (SSSR count). The fourth-order valence-corrected chi connectivity index (χ4v) is 1.42. The van der Waals surface area contributed by atoms with E-state index >= 15 is 0 Å². The Kier molecular flexibility index (Phi) is 7.33. The van der Waals surface area contributed by atoms with Crippen LogP contribution in [-0.2, 0) is 4.79 Å². The zero-order chi connectivity index (χ0) is 10.3. The van der Waals surface area contributed by atoms with Crippen LogP contribution in [0.25, 0.3) is 0 Å². The predicted molar refractivity (Wildman–Crippen MR) is 60.1 cm³/mol. The van der Waals surface area contributed by atoms with Crippen LogP contribution in [0.15, 0.2) is 0 Å². The van der Waals surface area contributed by atoms with Gasteiger partial charge in [-0.15, -0.1) is 0 Å². The number of alkyl halides is 1. The van der Waals surface area contributed by atoms with E-state index in [1.165, 1.54) is 0 Å². The van der Waals surface area contributed by atoms with Crippen LogP contribution in [0.2, 0.25) is 0 Å². The van der Waals surface area contributed by atoms with Gasteiger partial charge in [0.2, 0.25) is 5.91 Å². The number of nitrogens with one attached hydrogen (secondary N) is 1. The standard InChI is InChI=1S/C10H20BrNO/c1-4-5-6-9(11)10(13)12-7-8(2)3/h8-9H,4-7H2,1-3H3,(H,12,13). The van der Waals surface area contributed by atoms with Crippen molar-refractivity contribution in [2.75, 3.05) is 6.54 Å². The quantitative estimate of drug-likeness (QED) is 0.721. The maximum absolute atomic E-state index is 11.4. The molecule has 0 saturated carbocycles. The number of amides is 1. The molecule has 0 aromatic rings. The molecule has 0 fully saturated rings. The Morgan fingerprint density at radius 1 is 1.46 bits per heavy atom. The van der Waals surface area contributed by atoms with Crippen LogP contribution < -0.4 is 5.32 Å². The highest BCUT2D eigenvalue weighted by molar-refractivity contribution is 9.10. The Bertz CT molecular complexity index is 148. The van der Waals surface area contributed by atoms with E-state index < -0.39 is 0 Å². The normalized spacial score (nSPS) is 13.0. The van der Waals surface area contributed by atoms with Crippen LogP contribution >= 0.6 is 15.9 Å². The van der Waals surface area contributed by atoms with Gasteiger partial charge in [-0.05, 0) is 12.3 Å². The van der Waals surface area contributed by atoms with Gasteiger partial charge >= 0.3 is 0 Å². The Hall–Kier alpha value is -0.0500. The molecule has 0 bridgehead atoms. The number of hydrogen-bond acceptors (Lipinski definition) is 1. The van der Waals surface area contributed by atoms with E-state index in [2.05, 4.69) is 42.0 Å². The fraction of sp³-hybridized carbons (Fsp3) is 0.900. The first-order valence-electron chi connectivity index (χ1n) is 4.99. The molecule has 1 amide bonds. The first-order chi connectivity index (χ1) is 6.07. The van der Waals surface area contributed by atoms with Crippen molar-refractivity contribution in [3.05, 3.63) is 0 Å². The van der Waals surface area contributed by atoms with Gasteiger partial charge in [-0.1, -0.05) is 49.5 Å². The van der Waals surface area contributed by atoms with Gasteiger partial charge in [0.25, 0.3) is 0 Å². The molecule has 0 aromatic carbocycles. The second-order valence-electron chi connectivity index (χ2n) is 3.75. The second-order valence-corrected chi connectivity index (χ2v) is 4.85. The van der Waals surface area contributed by atoms with Crippen LogP contribution in [0.3, 0.4) is 0 Å². The van der Waals surface area contributed by atoms with E-state index in [1.807, 2.05) is 0 Å². The number of unbranched alkanes of at least 4 members (excludes halogenated alkanes) is 1. The van der Waals surface area contributed by atoms with Crippen LogP contribution in [0.1, 0.15) is 40.0 Å². The average Bonchev–Trinajstić information content (AvgIpc) is 2.10. The minimum Gasteiger partial charge on any atom is -0.355 e. The molecule has 2 nitrogen and oxygen atoms in total. The van der Waals surface area contributed by atoms with Crippen LogP contribution in [0, 0.1) is 5.92 Å². The summed E-state index contributed by atoms with van der Waals surface area (Å²) < 4.78 is 0. The molecular weight excluding hydrogens is 230 g/mol. The molecule has 1 unspecified atom stereocenters. The summed E-state index contributed by atoms with van der Waals surface area (Å²) >= 11 is 3.38. The second kappa shape index (κ2) is 7.36. The van der Waals surface area contributed by atoms with Gasteiger partial charge in [-0.2, -0.15) is 0 Å². The van der Waals surface area contributed by atoms with Gasteiger partial charge < -0.3 is 5.32 Å². The fourth-order valence-electron chi connectivity index (χ4n) is 0.930. The Balaban J connectivity index is 3.57. The van der Waals surface area contributed by atoms with Crippen molar-refractivity contribution in [1.29, 1.82) is 0 Å². The van der Waals surface area contributed by atoms with E-state index in [1.54, 1.807) is 0 Å². The van der Waals surface area contributed by atoms with Crippen molar-refractivity contribution in [2.24, 2.45) is 5.92 Å². The zero-order valence-electron chi connectivity index (χ0n) is 8.77. The summed E-state index contributed by atoms with van der Waals surface area (Å²) in [5.74, 6) is 0.650. The van der Waals surface area contributed by atoms with Gasteiger partial charge in [0.15, 0.2) is 0 Å². The average molecular weight is 250 g/mol. The zero-order valence-corrected chi connectivity index (χ0v) is 10.4. The lowest BCUT2D eigenvalue weighted by Gasteiger charge is -2.11. The number of carbonyl (C=O) groups excluding carboxylic acids is 1. The maximum Gasteiger partial charge on any atom is 0.233 e. The highest BCUT2D eigenvalue weighted by atomic mass is 79.9. The molecule has 1 N–H and O–H groups in total. The van der Waals surface area contributed by atoms with E-state index in [0.29, 0.717) is 5.92 Å². The van der Waals surface area contributed by atoms with Crippen molar-refractivity contribution in [3.63, 3.8) is 0 Å². The predicted octanol–water partition coefficient (Wildman–Crippen LogP) is 2.71. The molecule has 78 valence electrons. The molecular formula is C10H20BrNO. The first-order valence-corrected chi connectivity index (χ1v) is 5.91. The van der Waals surface area contributed by atoms with E-state index in [-0.39, 0.29) is 10.7 Å². The van der Waals surface area contributed by atoms with Crippen molar-refractivity contribution < 1.29 is 4.79 Å². The highest BCUT2D eigenvalue weighted by Crippen LogP contribution is 2.09. The summed E-state index contributed by atoms with van der Waals surface area (Å²) in [4.78, 5) is 11.4. The third-order valence-electron chi connectivity index (χ3n) is 1.78. The Labute approximate surface area is 89.6 Å². The van der Waals surface area contributed by atoms with Crippen molar-refractivity contribution in [1.82, 2.24) is 5.32 Å². The molecule has 0 heterocycles. The van der Waals surface area contributed by atoms with E-state index in [4.69, 9.17) is 0 Å². The minimum atomic E-state index is -0.00815. The van der Waals surface area contributed by atoms with E-state index in [0.717, 1.165) is 25.8 Å². The molecule has 1 atom stereocenters. The molecule has 0 spiro atoms. The molecule has 3 heteroatoms. The molecule has 0 radical (unpaired) electrons. The largest absolute Gasteiger partial charge is 0.355 e. The van der Waals surface area contributed by atoms with Gasteiger partial charge in [0.1, 0.15) is 0 Å². The van der Waals surface area contributed by atoms with Gasteiger partial charge in [-0.3, -0.25) is 4.79 Å². The molecule has 0 aliphatic carbocycles. The Morgan fingerprint density at radius 2 is 2.08 bits per heavy atom. The monoisotopic (exact) mass is 249 g/mol. The summed E-state index contributed by atoms with van der Waals surface area (Å²) in [6.07, 6.45) is 3.17. The molecule has 0 saturated heterocycles. The molecule has 0 aliphatic heterocycles. The topological polar surface area (TPSA) is 29.1 Å². The Morgan fingerprint density at radius 3 is 2.54 bits per heavy atom. The molecule has 0 aliphatic rings. The van der Waals surface area contributed by atoms with Crippen LogP contribution in [-0.4, -0.2) is 17.3 Å². The summed E-state index contributed by atoms with van der Waals surface area (Å²) in [6.45, 7) is 7.09. The lowest BCUT2D eigenvalue weighted by Crippen LogP contribution is -2.33. The third-order valence-corrected chi connectivity index (χ3v) is 2.65. The highest BCUT2D eigenvalue weighted by Gasteiger charge is 2.13. The SMILES string of the molecule is CCCCC(Br)C(=O)NCC(C)C. The van der Waals surface area contributed by atoms with Crippen LogP contribution in [0.4, 0.5) is 0 Å².